The van der Waals surface area contributed by atoms with Gasteiger partial charge in [-0.3, -0.25) is 10.1 Å². The highest BCUT2D eigenvalue weighted by atomic mass is 16.2. The lowest BCUT2D eigenvalue weighted by Crippen LogP contribution is -2.27. The Bertz CT molecular complexity index is 692. The molecule has 1 aliphatic rings. The molecule has 0 aliphatic carbocycles. The molecule has 8 nitrogen and oxygen atoms in total. The Morgan fingerprint density at radius 3 is 2.79 bits per heavy atom. The van der Waals surface area contributed by atoms with Crippen LogP contribution in [0, 0.1) is 6.92 Å². The van der Waals surface area contributed by atoms with E-state index in [1.807, 2.05) is 17.9 Å². The van der Waals surface area contributed by atoms with Gasteiger partial charge in [0.1, 0.15) is 5.82 Å². The average Bonchev–Trinajstić information content (AvgIpc) is 2.97. The second kappa shape index (κ2) is 7.67. The zero-order valence-corrected chi connectivity index (χ0v) is 13.7. The molecule has 2 aromatic rings. The molecule has 1 saturated heterocycles. The predicted molar refractivity (Wildman–Crippen MR) is 91.0 cm³/mol. The van der Waals surface area contributed by atoms with E-state index < -0.39 is 0 Å². The second-order valence-corrected chi connectivity index (χ2v) is 5.68. The monoisotopic (exact) mass is 327 g/mol. The second-order valence-electron chi connectivity index (χ2n) is 5.68. The quantitative estimate of drug-likeness (QED) is 0.748. The van der Waals surface area contributed by atoms with Crippen molar-refractivity contribution in [3.05, 3.63) is 30.2 Å². The van der Waals surface area contributed by atoms with Crippen molar-refractivity contribution in [3.63, 3.8) is 0 Å². The number of anilines is 3. The van der Waals surface area contributed by atoms with Crippen LogP contribution in [0.2, 0.25) is 0 Å². The van der Waals surface area contributed by atoms with Crippen LogP contribution in [0.25, 0.3) is 0 Å². The summed E-state index contributed by atoms with van der Waals surface area (Å²) in [6.07, 6.45) is 5.87. The van der Waals surface area contributed by atoms with Gasteiger partial charge in [0.2, 0.25) is 17.8 Å². The molecule has 0 atom stereocenters. The summed E-state index contributed by atoms with van der Waals surface area (Å²) in [6, 6.07) is 3.64. The molecule has 0 bridgehead atoms. The molecular weight excluding hydrogens is 306 g/mol. The number of aryl methyl sites for hydroxylation is 1. The van der Waals surface area contributed by atoms with Crippen molar-refractivity contribution in [2.75, 3.05) is 30.3 Å². The first-order chi connectivity index (χ1) is 11.7. The highest BCUT2D eigenvalue weighted by Gasteiger charge is 2.18. The minimum absolute atomic E-state index is 0.266. The number of likely N-dealkylation sites (tertiary alicyclic amines) is 1. The first-order valence-electron chi connectivity index (χ1n) is 8.12. The van der Waals surface area contributed by atoms with Crippen molar-refractivity contribution in [2.24, 2.45) is 0 Å². The predicted octanol–water partition coefficient (Wildman–Crippen LogP) is 1.74. The largest absolute Gasteiger partial charge is 0.370 e. The van der Waals surface area contributed by atoms with E-state index in [9.17, 15) is 4.79 Å². The smallest absolute Gasteiger partial charge is 0.231 e. The number of nitrogens with zero attached hydrogens (tertiary/aromatic N) is 5. The maximum atomic E-state index is 11.6. The first kappa shape index (κ1) is 16.1. The Hall–Kier alpha value is -2.77. The summed E-state index contributed by atoms with van der Waals surface area (Å²) in [5.41, 5.74) is 0.848. The molecule has 0 radical (unpaired) electrons. The number of nitrogens with one attached hydrogen (secondary N) is 2. The highest BCUT2D eigenvalue weighted by molar-refractivity contribution is 5.78. The average molecular weight is 327 g/mol. The van der Waals surface area contributed by atoms with Gasteiger partial charge < -0.3 is 10.2 Å². The van der Waals surface area contributed by atoms with Crippen LogP contribution >= 0.6 is 0 Å². The molecule has 2 N–H and O–H groups in total. The van der Waals surface area contributed by atoms with Crippen LogP contribution in [0.5, 0.6) is 0 Å². The number of rotatable bonds is 7. The van der Waals surface area contributed by atoms with E-state index in [0.29, 0.717) is 18.3 Å². The summed E-state index contributed by atoms with van der Waals surface area (Å²) in [4.78, 5) is 30.4. The highest BCUT2D eigenvalue weighted by Crippen LogP contribution is 2.13. The lowest BCUT2D eigenvalue weighted by atomic mass is 10.3. The molecule has 1 amide bonds. The minimum atomic E-state index is 0.266. The zero-order chi connectivity index (χ0) is 16.8. The number of hydrogen-bond acceptors (Lipinski definition) is 7. The van der Waals surface area contributed by atoms with Crippen LogP contribution in [-0.2, 0) is 4.79 Å². The fraction of sp³-hybridized carbons (Fsp3) is 0.438. The van der Waals surface area contributed by atoms with E-state index in [0.717, 1.165) is 44.0 Å². The van der Waals surface area contributed by atoms with Crippen molar-refractivity contribution in [2.45, 2.75) is 26.2 Å². The van der Waals surface area contributed by atoms with Crippen molar-refractivity contribution in [3.8, 4) is 0 Å². The van der Waals surface area contributed by atoms with Gasteiger partial charge in [0, 0.05) is 50.2 Å². The fourth-order valence-electron chi connectivity index (χ4n) is 2.61. The lowest BCUT2D eigenvalue weighted by Gasteiger charge is -2.15. The van der Waals surface area contributed by atoms with Crippen molar-refractivity contribution in [1.82, 2.24) is 24.8 Å². The molecule has 1 aliphatic heterocycles. The third kappa shape index (κ3) is 4.37. The molecule has 126 valence electrons. The normalized spacial score (nSPS) is 14.0. The fourth-order valence-corrected chi connectivity index (χ4v) is 2.61. The number of hydrogen-bond donors (Lipinski definition) is 2. The van der Waals surface area contributed by atoms with Gasteiger partial charge >= 0.3 is 0 Å². The van der Waals surface area contributed by atoms with Gasteiger partial charge in [0.05, 0.1) is 0 Å². The van der Waals surface area contributed by atoms with E-state index in [1.54, 1.807) is 18.5 Å². The number of carbonyl (C=O) groups is 1. The van der Waals surface area contributed by atoms with Crippen LogP contribution in [0.1, 0.15) is 25.0 Å². The Morgan fingerprint density at radius 2 is 2.04 bits per heavy atom. The van der Waals surface area contributed by atoms with E-state index >= 15 is 0 Å². The van der Waals surface area contributed by atoms with E-state index in [2.05, 4.69) is 30.6 Å². The number of amides is 1. The Morgan fingerprint density at radius 1 is 1.21 bits per heavy atom. The standard InChI is InChI=1S/C16H21N7O/c1-12-11-13(17-8-4-10-23-9-2-5-14(23)24)21-16(20-12)22-15-18-6-3-7-19-15/h3,6-7,11H,2,4-5,8-10H2,1H3,(H2,17,18,19,20,21,22). The molecular formula is C16H21N7O. The SMILES string of the molecule is Cc1cc(NCCCN2CCCC2=O)nc(Nc2ncccn2)n1. The van der Waals surface area contributed by atoms with Crippen LogP contribution in [-0.4, -0.2) is 50.4 Å². The van der Waals surface area contributed by atoms with Gasteiger partial charge in [-0.15, -0.1) is 0 Å². The van der Waals surface area contributed by atoms with Crippen LogP contribution < -0.4 is 10.6 Å². The lowest BCUT2D eigenvalue weighted by molar-refractivity contribution is -0.127. The molecule has 8 heteroatoms. The zero-order valence-electron chi connectivity index (χ0n) is 13.7. The van der Waals surface area contributed by atoms with Crippen LogP contribution in [0.15, 0.2) is 24.5 Å². The van der Waals surface area contributed by atoms with Gasteiger partial charge in [-0.25, -0.2) is 15.0 Å². The van der Waals surface area contributed by atoms with E-state index in [1.165, 1.54) is 0 Å². The van der Waals surface area contributed by atoms with Crippen molar-refractivity contribution < 1.29 is 4.79 Å². The summed E-state index contributed by atoms with van der Waals surface area (Å²) in [5.74, 6) is 1.93. The van der Waals surface area contributed by atoms with Crippen LogP contribution in [0.3, 0.4) is 0 Å². The van der Waals surface area contributed by atoms with Gasteiger partial charge in [0.15, 0.2) is 0 Å². The van der Waals surface area contributed by atoms with E-state index in [-0.39, 0.29) is 5.91 Å². The van der Waals surface area contributed by atoms with Gasteiger partial charge in [-0.1, -0.05) is 0 Å². The Balaban J connectivity index is 1.52. The molecule has 0 aromatic carbocycles. The Kier molecular flexibility index (Phi) is 5.15. The number of aromatic nitrogens is 4. The third-order valence-corrected chi connectivity index (χ3v) is 3.73. The first-order valence-corrected chi connectivity index (χ1v) is 8.12. The van der Waals surface area contributed by atoms with Gasteiger partial charge in [-0.05, 0) is 25.8 Å². The van der Waals surface area contributed by atoms with Gasteiger partial charge in [0.25, 0.3) is 0 Å². The van der Waals surface area contributed by atoms with Crippen molar-refractivity contribution in [1.29, 1.82) is 0 Å². The molecule has 3 rings (SSSR count). The third-order valence-electron chi connectivity index (χ3n) is 3.73. The summed E-state index contributed by atoms with van der Waals surface area (Å²) in [7, 11) is 0. The summed E-state index contributed by atoms with van der Waals surface area (Å²) >= 11 is 0. The molecule has 3 heterocycles. The van der Waals surface area contributed by atoms with Crippen molar-refractivity contribution >= 4 is 23.6 Å². The maximum Gasteiger partial charge on any atom is 0.231 e. The minimum Gasteiger partial charge on any atom is -0.370 e. The number of carbonyl (C=O) groups excluding carboxylic acids is 1. The Labute approximate surface area is 140 Å². The van der Waals surface area contributed by atoms with E-state index in [4.69, 9.17) is 0 Å². The summed E-state index contributed by atoms with van der Waals surface area (Å²) < 4.78 is 0. The molecule has 24 heavy (non-hydrogen) atoms. The molecule has 1 fully saturated rings. The van der Waals surface area contributed by atoms with Crippen LogP contribution in [0.4, 0.5) is 17.7 Å². The summed E-state index contributed by atoms with van der Waals surface area (Å²) in [5, 5.41) is 6.27. The molecule has 2 aromatic heterocycles. The topological polar surface area (TPSA) is 95.9 Å². The maximum absolute atomic E-state index is 11.6. The summed E-state index contributed by atoms with van der Waals surface area (Å²) in [6.45, 7) is 4.34. The molecule has 0 spiro atoms. The molecule has 0 unspecified atom stereocenters. The van der Waals surface area contributed by atoms with Gasteiger partial charge in [-0.2, -0.15) is 4.98 Å². The molecule has 0 saturated carbocycles.